The predicted molar refractivity (Wildman–Crippen MR) is 55.7 cm³/mol. The van der Waals surface area contributed by atoms with Crippen molar-refractivity contribution in [3.63, 3.8) is 0 Å². The molecule has 0 aliphatic carbocycles. The van der Waals surface area contributed by atoms with Gasteiger partial charge >= 0.3 is 5.97 Å². The number of ether oxygens (including phenoxy) is 1. The van der Waals surface area contributed by atoms with Gasteiger partial charge in [-0.3, -0.25) is 9.69 Å². The molecular formula is C9H18ClNO3. The lowest BCUT2D eigenvalue weighted by atomic mass is 10.1. The summed E-state index contributed by atoms with van der Waals surface area (Å²) in [5.74, 6) is -1.25. The van der Waals surface area contributed by atoms with Crippen LogP contribution in [0.15, 0.2) is 0 Å². The van der Waals surface area contributed by atoms with Crippen molar-refractivity contribution >= 4 is 18.4 Å². The van der Waals surface area contributed by atoms with Crippen molar-refractivity contribution in [1.82, 2.24) is 4.90 Å². The molecule has 0 aromatic heterocycles. The van der Waals surface area contributed by atoms with E-state index in [1.807, 2.05) is 0 Å². The summed E-state index contributed by atoms with van der Waals surface area (Å²) in [5, 5.41) is 8.84. The SMILES string of the molecule is CO[C@@H]([C@H](C)C(=O)O)N1CCCC1.Cl. The topological polar surface area (TPSA) is 49.8 Å². The van der Waals surface area contributed by atoms with Crippen molar-refractivity contribution in [2.24, 2.45) is 5.92 Å². The molecule has 1 aliphatic heterocycles. The van der Waals surface area contributed by atoms with Gasteiger partial charge in [0.1, 0.15) is 6.23 Å². The zero-order valence-corrected chi connectivity index (χ0v) is 9.42. The van der Waals surface area contributed by atoms with Crippen molar-refractivity contribution in [3.05, 3.63) is 0 Å². The summed E-state index contributed by atoms with van der Waals surface area (Å²) in [6, 6.07) is 0. The third kappa shape index (κ3) is 3.12. The number of carboxylic acids is 1. The van der Waals surface area contributed by atoms with Crippen LogP contribution < -0.4 is 0 Å². The summed E-state index contributed by atoms with van der Waals surface area (Å²) in [6.07, 6.45) is 2.03. The van der Waals surface area contributed by atoms with Crippen LogP contribution in [-0.2, 0) is 9.53 Å². The van der Waals surface area contributed by atoms with Gasteiger partial charge in [-0.1, -0.05) is 0 Å². The van der Waals surface area contributed by atoms with Crippen molar-refractivity contribution in [2.75, 3.05) is 20.2 Å². The Morgan fingerprint density at radius 2 is 1.93 bits per heavy atom. The number of hydrogen-bond donors (Lipinski definition) is 1. The van der Waals surface area contributed by atoms with Crippen LogP contribution in [0.5, 0.6) is 0 Å². The molecule has 1 saturated heterocycles. The first-order valence-corrected chi connectivity index (χ1v) is 4.66. The molecule has 1 rings (SSSR count). The number of methoxy groups -OCH3 is 1. The second-order valence-electron chi connectivity index (χ2n) is 3.50. The van der Waals surface area contributed by atoms with Gasteiger partial charge in [-0.2, -0.15) is 0 Å². The minimum atomic E-state index is -0.793. The standard InChI is InChI=1S/C9H17NO3.ClH/c1-7(9(11)12)8(13-2)10-5-3-4-6-10;/h7-8H,3-6H2,1-2H3,(H,11,12);1H/t7-,8-;/m0./s1. The first-order chi connectivity index (χ1) is 6.16. The number of halogens is 1. The lowest BCUT2D eigenvalue weighted by Gasteiger charge is -2.28. The lowest BCUT2D eigenvalue weighted by Crippen LogP contribution is -2.42. The molecule has 0 radical (unpaired) electrons. The number of nitrogens with zero attached hydrogens (tertiary/aromatic N) is 1. The molecule has 5 heteroatoms. The maximum atomic E-state index is 10.7. The average molecular weight is 224 g/mol. The van der Waals surface area contributed by atoms with Crippen LogP contribution in [0, 0.1) is 5.92 Å². The average Bonchev–Trinajstić information content (AvgIpc) is 2.58. The molecule has 0 aromatic rings. The first kappa shape index (κ1) is 13.7. The molecule has 1 N–H and O–H groups in total. The van der Waals surface area contributed by atoms with Crippen molar-refractivity contribution < 1.29 is 14.6 Å². The van der Waals surface area contributed by atoms with Gasteiger partial charge in [0.15, 0.2) is 0 Å². The predicted octanol–water partition coefficient (Wildman–Crippen LogP) is 1.20. The Bertz CT molecular complexity index is 183. The van der Waals surface area contributed by atoms with Crippen LogP contribution in [0.3, 0.4) is 0 Å². The van der Waals surface area contributed by atoms with E-state index in [1.54, 1.807) is 14.0 Å². The summed E-state index contributed by atoms with van der Waals surface area (Å²) >= 11 is 0. The van der Waals surface area contributed by atoms with E-state index in [0.29, 0.717) is 0 Å². The molecule has 4 nitrogen and oxygen atoms in total. The van der Waals surface area contributed by atoms with Crippen LogP contribution in [0.1, 0.15) is 19.8 Å². The molecule has 0 saturated carbocycles. The highest BCUT2D eigenvalue weighted by molar-refractivity contribution is 5.85. The van der Waals surface area contributed by atoms with E-state index in [0.717, 1.165) is 25.9 Å². The second-order valence-corrected chi connectivity index (χ2v) is 3.50. The summed E-state index contributed by atoms with van der Waals surface area (Å²) in [5.41, 5.74) is 0. The van der Waals surface area contributed by atoms with E-state index in [9.17, 15) is 4.79 Å². The molecule has 0 spiro atoms. The van der Waals surface area contributed by atoms with Crippen molar-refractivity contribution in [1.29, 1.82) is 0 Å². The van der Waals surface area contributed by atoms with Gasteiger partial charge in [-0.25, -0.2) is 0 Å². The van der Waals surface area contributed by atoms with Gasteiger partial charge in [0.2, 0.25) is 0 Å². The number of likely N-dealkylation sites (tertiary alicyclic amines) is 1. The Labute approximate surface area is 90.6 Å². The fraction of sp³-hybridized carbons (Fsp3) is 0.889. The monoisotopic (exact) mass is 223 g/mol. The summed E-state index contributed by atoms with van der Waals surface area (Å²) in [7, 11) is 1.57. The quantitative estimate of drug-likeness (QED) is 0.778. The Morgan fingerprint density at radius 3 is 2.29 bits per heavy atom. The third-order valence-corrected chi connectivity index (χ3v) is 2.56. The van der Waals surface area contributed by atoms with E-state index in [1.165, 1.54) is 0 Å². The van der Waals surface area contributed by atoms with Crippen molar-refractivity contribution in [2.45, 2.75) is 26.0 Å². The van der Waals surface area contributed by atoms with E-state index < -0.39 is 11.9 Å². The molecule has 0 bridgehead atoms. The third-order valence-electron chi connectivity index (χ3n) is 2.56. The molecule has 84 valence electrons. The van der Waals surface area contributed by atoms with Gasteiger partial charge in [0, 0.05) is 20.2 Å². The zero-order chi connectivity index (χ0) is 9.84. The molecule has 1 fully saturated rings. The Kier molecular flexibility index (Phi) is 6.08. The maximum absolute atomic E-state index is 10.7. The van der Waals surface area contributed by atoms with Crippen molar-refractivity contribution in [3.8, 4) is 0 Å². The normalized spacial score (nSPS) is 21.3. The number of carboxylic acid groups (broad SMARTS) is 1. The fourth-order valence-electron chi connectivity index (χ4n) is 1.79. The molecular weight excluding hydrogens is 206 g/mol. The molecule has 0 amide bonds. The van der Waals surface area contributed by atoms with E-state index >= 15 is 0 Å². The summed E-state index contributed by atoms with van der Waals surface area (Å²) in [6.45, 7) is 3.60. The highest BCUT2D eigenvalue weighted by atomic mass is 35.5. The number of carbonyl (C=O) groups is 1. The fourth-order valence-corrected chi connectivity index (χ4v) is 1.79. The smallest absolute Gasteiger partial charge is 0.310 e. The molecule has 1 aliphatic rings. The molecule has 2 atom stereocenters. The highest BCUT2D eigenvalue weighted by Crippen LogP contribution is 2.18. The Morgan fingerprint density at radius 1 is 1.43 bits per heavy atom. The van der Waals surface area contributed by atoms with Crippen LogP contribution in [0.4, 0.5) is 0 Å². The summed E-state index contributed by atoms with van der Waals surface area (Å²) < 4.78 is 5.20. The maximum Gasteiger partial charge on any atom is 0.310 e. The van der Waals surface area contributed by atoms with Crippen LogP contribution >= 0.6 is 12.4 Å². The van der Waals surface area contributed by atoms with Gasteiger partial charge in [-0.15, -0.1) is 12.4 Å². The second kappa shape index (κ2) is 6.22. The molecule has 0 unspecified atom stereocenters. The van der Waals surface area contributed by atoms with E-state index in [-0.39, 0.29) is 18.6 Å². The number of aliphatic carboxylic acids is 1. The van der Waals surface area contributed by atoms with Gasteiger partial charge < -0.3 is 9.84 Å². The van der Waals surface area contributed by atoms with Gasteiger partial charge in [0.25, 0.3) is 0 Å². The largest absolute Gasteiger partial charge is 0.481 e. The number of hydrogen-bond acceptors (Lipinski definition) is 3. The summed E-state index contributed by atoms with van der Waals surface area (Å²) in [4.78, 5) is 12.8. The Hall–Kier alpha value is -0.320. The van der Waals surface area contributed by atoms with Crippen LogP contribution in [0.2, 0.25) is 0 Å². The first-order valence-electron chi connectivity index (χ1n) is 4.66. The van der Waals surface area contributed by atoms with Crippen LogP contribution in [0.25, 0.3) is 0 Å². The van der Waals surface area contributed by atoms with E-state index in [4.69, 9.17) is 9.84 Å². The minimum Gasteiger partial charge on any atom is -0.481 e. The van der Waals surface area contributed by atoms with Gasteiger partial charge in [-0.05, 0) is 19.8 Å². The molecule has 1 heterocycles. The number of rotatable bonds is 4. The Balaban J connectivity index is 0.00000169. The molecule has 14 heavy (non-hydrogen) atoms. The molecule has 0 aromatic carbocycles. The van der Waals surface area contributed by atoms with Crippen LogP contribution in [-0.4, -0.2) is 42.4 Å². The lowest BCUT2D eigenvalue weighted by molar-refractivity contribution is -0.152. The van der Waals surface area contributed by atoms with Gasteiger partial charge in [0.05, 0.1) is 5.92 Å². The highest BCUT2D eigenvalue weighted by Gasteiger charge is 2.30. The minimum absolute atomic E-state index is 0. The van der Waals surface area contributed by atoms with E-state index in [2.05, 4.69) is 4.90 Å². The zero-order valence-electron chi connectivity index (χ0n) is 8.60.